The number of hydrogen-bond acceptors (Lipinski definition) is 7. The Kier molecular flexibility index (Phi) is 7.54. The van der Waals surface area contributed by atoms with Crippen LogP contribution in [-0.2, 0) is 4.79 Å². The molecule has 0 saturated carbocycles. The molecule has 0 aliphatic rings. The molecule has 9 heteroatoms. The number of rotatable bonds is 9. The number of nitrogens with zero attached hydrogens (tertiary/aromatic N) is 2. The Hall–Kier alpha value is -2.52. The van der Waals surface area contributed by atoms with E-state index < -0.39 is 0 Å². The van der Waals surface area contributed by atoms with Crippen molar-refractivity contribution in [3.63, 3.8) is 0 Å². The summed E-state index contributed by atoms with van der Waals surface area (Å²) in [5, 5.41) is 11.2. The quantitative estimate of drug-likeness (QED) is 0.432. The third kappa shape index (κ3) is 5.74. The molecule has 1 N–H and O–H groups in total. The van der Waals surface area contributed by atoms with Gasteiger partial charge in [0.25, 0.3) is 5.22 Å². The summed E-state index contributed by atoms with van der Waals surface area (Å²) in [4.78, 5) is 12.3. The first kappa shape index (κ1) is 21.2. The average molecular weight is 478 g/mol. The van der Waals surface area contributed by atoms with Crippen LogP contribution in [-0.4, -0.2) is 35.1 Å². The van der Waals surface area contributed by atoms with Crippen molar-refractivity contribution in [1.82, 2.24) is 10.2 Å². The molecule has 0 aliphatic carbocycles. The van der Waals surface area contributed by atoms with Gasteiger partial charge in [0.2, 0.25) is 11.8 Å². The van der Waals surface area contributed by atoms with E-state index in [1.165, 1.54) is 11.8 Å². The molecule has 0 saturated heterocycles. The highest BCUT2D eigenvalue weighted by molar-refractivity contribution is 9.10. The van der Waals surface area contributed by atoms with Crippen LogP contribution in [0.25, 0.3) is 11.5 Å². The molecule has 29 heavy (non-hydrogen) atoms. The summed E-state index contributed by atoms with van der Waals surface area (Å²) in [6, 6.07) is 12.9. The first-order valence-electron chi connectivity index (χ1n) is 9.01. The van der Waals surface area contributed by atoms with Crippen molar-refractivity contribution >= 4 is 39.3 Å². The molecule has 1 amide bonds. The lowest BCUT2D eigenvalue weighted by Gasteiger charge is -2.12. The molecule has 0 unspecified atom stereocenters. The summed E-state index contributed by atoms with van der Waals surface area (Å²) in [6.45, 7) is 4.84. The van der Waals surface area contributed by atoms with Gasteiger partial charge < -0.3 is 19.2 Å². The number of ether oxygens (including phenoxy) is 2. The summed E-state index contributed by atoms with van der Waals surface area (Å²) in [5.74, 6) is 1.58. The van der Waals surface area contributed by atoms with E-state index in [4.69, 9.17) is 13.9 Å². The maximum Gasteiger partial charge on any atom is 0.277 e. The van der Waals surface area contributed by atoms with Gasteiger partial charge in [-0.25, -0.2) is 0 Å². The number of carbonyl (C=O) groups excluding carboxylic acids is 1. The van der Waals surface area contributed by atoms with Crippen LogP contribution in [0.15, 0.2) is 56.6 Å². The lowest BCUT2D eigenvalue weighted by molar-refractivity contribution is -0.113. The zero-order valence-electron chi connectivity index (χ0n) is 16.0. The SMILES string of the molecule is CCOc1ccc(NC(=O)CSc2nnc(-c3ccccc3Br)o2)cc1OCC. The first-order chi connectivity index (χ1) is 14.1. The van der Waals surface area contributed by atoms with Crippen molar-refractivity contribution in [1.29, 1.82) is 0 Å². The van der Waals surface area contributed by atoms with Crippen LogP contribution in [0.1, 0.15) is 13.8 Å². The molecule has 1 heterocycles. The maximum absolute atomic E-state index is 12.3. The monoisotopic (exact) mass is 477 g/mol. The standard InChI is InChI=1S/C20H20BrN3O4S/c1-3-26-16-10-9-13(11-17(16)27-4-2)22-18(25)12-29-20-24-23-19(28-20)14-7-5-6-8-15(14)21/h5-11H,3-4,12H2,1-2H3,(H,22,25). The fourth-order valence-electron chi connectivity index (χ4n) is 2.46. The number of hydrogen-bond donors (Lipinski definition) is 1. The van der Waals surface area contributed by atoms with E-state index in [2.05, 4.69) is 31.4 Å². The van der Waals surface area contributed by atoms with E-state index >= 15 is 0 Å². The van der Waals surface area contributed by atoms with Crippen molar-refractivity contribution in [2.45, 2.75) is 19.1 Å². The van der Waals surface area contributed by atoms with Crippen molar-refractivity contribution < 1.29 is 18.7 Å². The Balaban J connectivity index is 1.59. The van der Waals surface area contributed by atoms with E-state index in [0.29, 0.717) is 41.5 Å². The number of carbonyl (C=O) groups is 1. The lowest BCUT2D eigenvalue weighted by Crippen LogP contribution is -2.14. The predicted octanol–water partition coefficient (Wildman–Crippen LogP) is 5.03. The van der Waals surface area contributed by atoms with E-state index in [0.717, 1.165) is 10.0 Å². The Morgan fingerprint density at radius 2 is 1.86 bits per heavy atom. The largest absolute Gasteiger partial charge is 0.490 e. The second kappa shape index (κ2) is 10.3. The van der Waals surface area contributed by atoms with Crippen LogP contribution in [0.5, 0.6) is 11.5 Å². The van der Waals surface area contributed by atoms with Crippen LogP contribution < -0.4 is 14.8 Å². The molecule has 3 rings (SSSR count). The fourth-order valence-corrected chi connectivity index (χ4v) is 3.48. The number of aromatic nitrogens is 2. The second-order valence-electron chi connectivity index (χ2n) is 5.72. The van der Waals surface area contributed by atoms with Crippen molar-refractivity contribution in [2.75, 3.05) is 24.3 Å². The van der Waals surface area contributed by atoms with E-state index in [1.54, 1.807) is 18.2 Å². The van der Waals surface area contributed by atoms with Crippen LogP contribution in [0, 0.1) is 0 Å². The van der Waals surface area contributed by atoms with E-state index in [-0.39, 0.29) is 11.7 Å². The van der Waals surface area contributed by atoms with Gasteiger partial charge in [0.05, 0.1) is 24.5 Å². The van der Waals surface area contributed by atoms with Gasteiger partial charge in [0.1, 0.15) is 0 Å². The number of thioether (sulfide) groups is 1. The molecule has 0 fully saturated rings. The van der Waals surface area contributed by atoms with Crippen LogP contribution >= 0.6 is 27.7 Å². The fraction of sp³-hybridized carbons (Fsp3) is 0.250. The molecule has 0 aliphatic heterocycles. The Morgan fingerprint density at radius 3 is 2.62 bits per heavy atom. The van der Waals surface area contributed by atoms with Crippen molar-refractivity contribution in [3.05, 3.63) is 46.9 Å². The Labute approximate surface area is 181 Å². The minimum absolute atomic E-state index is 0.134. The molecular weight excluding hydrogens is 458 g/mol. The summed E-state index contributed by atoms with van der Waals surface area (Å²) >= 11 is 4.63. The van der Waals surface area contributed by atoms with Crippen LogP contribution in [0.2, 0.25) is 0 Å². The van der Waals surface area contributed by atoms with Gasteiger partial charge in [0, 0.05) is 16.2 Å². The van der Waals surface area contributed by atoms with Crippen molar-refractivity contribution in [3.8, 4) is 23.0 Å². The van der Waals surface area contributed by atoms with Gasteiger partial charge in [-0.1, -0.05) is 23.9 Å². The number of anilines is 1. The summed E-state index contributed by atoms with van der Waals surface area (Å²) in [6.07, 6.45) is 0. The molecular formula is C20H20BrN3O4S. The Morgan fingerprint density at radius 1 is 1.10 bits per heavy atom. The number of nitrogens with one attached hydrogen (secondary N) is 1. The summed E-state index contributed by atoms with van der Waals surface area (Å²) in [5.41, 5.74) is 1.43. The van der Waals surface area contributed by atoms with Gasteiger partial charge in [0.15, 0.2) is 11.5 Å². The second-order valence-corrected chi connectivity index (χ2v) is 7.50. The molecule has 1 aromatic heterocycles. The maximum atomic E-state index is 12.3. The molecule has 3 aromatic rings. The molecule has 2 aromatic carbocycles. The lowest BCUT2D eigenvalue weighted by atomic mass is 10.2. The molecule has 0 bridgehead atoms. The average Bonchev–Trinajstić information content (AvgIpc) is 3.18. The molecule has 0 atom stereocenters. The van der Waals surface area contributed by atoms with Gasteiger partial charge >= 0.3 is 0 Å². The number of halogens is 1. The van der Waals surface area contributed by atoms with Gasteiger partial charge in [-0.15, -0.1) is 10.2 Å². The molecule has 0 radical (unpaired) electrons. The third-order valence-corrected chi connectivity index (χ3v) is 5.17. The van der Waals surface area contributed by atoms with Crippen LogP contribution in [0.3, 0.4) is 0 Å². The highest BCUT2D eigenvalue weighted by Crippen LogP contribution is 2.31. The zero-order valence-corrected chi connectivity index (χ0v) is 18.4. The first-order valence-corrected chi connectivity index (χ1v) is 10.8. The minimum atomic E-state index is -0.192. The molecule has 152 valence electrons. The topological polar surface area (TPSA) is 86.5 Å². The zero-order chi connectivity index (χ0) is 20.6. The van der Waals surface area contributed by atoms with E-state index in [1.807, 2.05) is 38.1 Å². The van der Waals surface area contributed by atoms with Crippen LogP contribution in [0.4, 0.5) is 5.69 Å². The van der Waals surface area contributed by atoms with Gasteiger partial charge in [-0.05, 0) is 54.0 Å². The summed E-state index contributed by atoms with van der Waals surface area (Å²) in [7, 11) is 0. The molecule has 7 nitrogen and oxygen atoms in total. The minimum Gasteiger partial charge on any atom is -0.490 e. The number of benzene rings is 2. The smallest absolute Gasteiger partial charge is 0.277 e. The predicted molar refractivity (Wildman–Crippen MR) is 116 cm³/mol. The highest BCUT2D eigenvalue weighted by Gasteiger charge is 2.14. The van der Waals surface area contributed by atoms with Gasteiger partial charge in [-0.2, -0.15) is 0 Å². The highest BCUT2D eigenvalue weighted by atomic mass is 79.9. The van der Waals surface area contributed by atoms with Gasteiger partial charge in [-0.3, -0.25) is 4.79 Å². The van der Waals surface area contributed by atoms with Crippen molar-refractivity contribution in [2.24, 2.45) is 0 Å². The Bertz CT molecular complexity index is 980. The number of amides is 1. The summed E-state index contributed by atoms with van der Waals surface area (Å²) < 4.78 is 17.6. The normalized spacial score (nSPS) is 10.6. The third-order valence-electron chi connectivity index (χ3n) is 3.66. The molecule has 0 spiro atoms. The van der Waals surface area contributed by atoms with E-state index in [9.17, 15) is 4.79 Å².